The molecule has 0 aliphatic carbocycles. The van der Waals surface area contributed by atoms with E-state index in [0.29, 0.717) is 5.96 Å². The molecule has 19 heavy (non-hydrogen) atoms. The summed E-state index contributed by atoms with van der Waals surface area (Å²) in [5.41, 5.74) is 6.87. The predicted octanol–water partition coefficient (Wildman–Crippen LogP) is 1.13. The van der Waals surface area contributed by atoms with Gasteiger partial charge in [-0.1, -0.05) is 18.2 Å². The number of ether oxygens (including phenoxy) is 1. The molecular formula is C14H22N4O. The molecule has 5 heteroatoms. The minimum atomic E-state index is 0.175. The van der Waals surface area contributed by atoms with Crippen LogP contribution in [-0.2, 0) is 4.74 Å². The molecule has 1 heterocycles. The van der Waals surface area contributed by atoms with E-state index in [1.807, 2.05) is 30.3 Å². The first-order valence-corrected chi connectivity index (χ1v) is 6.69. The molecule has 0 bridgehead atoms. The Bertz CT molecular complexity index is 401. The van der Waals surface area contributed by atoms with Gasteiger partial charge in [0.25, 0.3) is 0 Å². The number of aliphatic imine (C=N–C) groups is 1. The molecule has 1 aliphatic heterocycles. The Balaban J connectivity index is 1.81. The van der Waals surface area contributed by atoms with Crippen LogP contribution in [0.25, 0.3) is 0 Å². The highest BCUT2D eigenvalue weighted by Gasteiger charge is 2.13. The maximum Gasteiger partial charge on any atom is 0.193 e. The van der Waals surface area contributed by atoms with Crippen molar-refractivity contribution in [3.63, 3.8) is 0 Å². The molecule has 1 fully saturated rings. The molecule has 1 saturated heterocycles. The highest BCUT2D eigenvalue weighted by atomic mass is 16.5. The van der Waals surface area contributed by atoms with E-state index in [1.54, 1.807) is 0 Å². The summed E-state index contributed by atoms with van der Waals surface area (Å²) in [7, 11) is 0. The average Bonchev–Trinajstić information content (AvgIpc) is 2.40. The van der Waals surface area contributed by atoms with E-state index in [1.165, 1.54) is 0 Å². The third-order valence-corrected chi connectivity index (χ3v) is 3.03. The van der Waals surface area contributed by atoms with Crippen LogP contribution in [0.2, 0.25) is 0 Å². The number of hydrogen-bond acceptors (Lipinski definition) is 3. The van der Waals surface area contributed by atoms with Crippen molar-refractivity contribution in [1.82, 2.24) is 4.90 Å². The van der Waals surface area contributed by atoms with Crippen LogP contribution in [0.4, 0.5) is 5.69 Å². The predicted molar refractivity (Wildman–Crippen MR) is 78.4 cm³/mol. The first kappa shape index (κ1) is 13.8. The Kier molecular flexibility index (Phi) is 5.18. The zero-order valence-electron chi connectivity index (χ0n) is 11.4. The number of nitrogens with zero attached hydrogens (tertiary/aromatic N) is 2. The number of rotatable bonds is 4. The lowest BCUT2D eigenvalue weighted by Crippen LogP contribution is -2.40. The fourth-order valence-electron chi connectivity index (χ4n) is 2.14. The van der Waals surface area contributed by atoms with Gasteiger partial charge < -0.3 is 15.8 Å². The summed E-state index contributed by atoms with van der Waals surface area (Å²) < 4.78 is 5.33. The van der Waals surface area contributed by atoms with E-state index in [0.717, 1.165) is 38.5 Å². The summed E-state index contributed by atoms with van der Waals surface area (Å²) in [6.07, 6.45) is 0. The molecule has 2 rings (SSSR count). The van der Waals surface area contributed by atoms with Crippen molar-refractivity contribution in [3.8, 4) is 0 Å². The summed E-state index contributed by atoms with van der Waals surface area (Å²) in [6.45, 7) is 6.58. The molecular weight excluding hydrogens is 240 g/mol. The van der Waals surface area contributed by atoms with Gasteiger partial charge >= 0.3 is 0 Å². The van der Waals surface area contributed by atoms with E-state index >= 15 is 0 Å². The van der Waals surface area contributed by atoms with Crippen LogP contribution < -0.4 is 11.1 Å². The van der Waals surface area contributed by atoms with Gasteiger partial charge in [0.1, 0.15) is 0 Å². The van der Waals surface area contributed by atoms with Crippen LogP contribution >= 0.6 is 0 Å². The number of nitrogens with two attached hydrogens (primary N) is 1. The first-order valence-electron chi connectivity index (χ1n) is 6.69. The largest absolute Gasteiger partial charge is 0.379 e. The lowest BCUT2D eigenvalue weighted by Gasteiger charge is -2.28. The van der Waals surface area contributed by atoms with Crippen molar-refractivity contribution < 1.29 is 4.74 Å². The number of hydrogen-bond donors (Lipinski definition) is 2. The molecule has 1 aromatic rings. The van der Waals surface area contributed by atoms with Gasteiger partial charge in [0.15, 0.2) is 5.96 Å². The van der Waals surface area contributed by atoms with Crippen molar-refractivity contribution in [2.45, 2.75) is 13.0 Å². The third-order valence-electron chi connectivity index (χ3n) is 3.03. The molecule has 1 aliphatic rings. The van der Waals surface area contributed by atoms with E-state index in [9.17, 15) is 0 Å². The Morgan fingerprint density at radius 2 is 2.05 bits per heavy atom. The van der Waals surface area contributed by atoms with Gasteiger partial charge in [-0.25, -0.2) is 4.99 Å². The molecule has 0 saturated carbocycles. The van der Waals surface area contributed by atoms with Gasteiger partial charge in [-0.15, -0.1) is 0 Å². The molecule has 1 atom stereocenters. The Morgan fingerprint density at radius 1 is 1.37 bits per heavy atom. The standard InChI is InChI=1S/C14H22N4O/c1-12(11-18-7-9-19-10-8-18)16-14(15)17-13-5-3-2-4-6-13/h2-6,12H,7-11H2,1H3,(H3,15,16,17). The fraction of sp³-hybridized carbons (Fsp3) is 0.500. The van der Waals surface area contributed by atoms with Crippen LogP contribution in [0.3, 0.4) is 0 Å². The van der Waals surface area contributed by atoms with Gasteiger partial charge in [0.2, 0.25) is 0 Å². The molecule has 0 aromatic heterocycles. The Labute approximate surface area is 114 Å². The summed E-state index contributed by atoms with van der Waals surface area (Å²) in [4.78, 5) is 6.82. The lowest BCUT2D eigenvalue weighted by atomic mass is 10.3. The minimum Gasteiger partial charge on any atom is -0.379 e. The number of guanidine groups is 1. The quantitative estimate of drug-likeness (QED) is 0.631. The number of benzene rings is 1. The SMILES string of the molecule is CC(CN1CCOCC1)N=C(N)Nc1ccccc1. The molecule has 3 N–H and O–H groups in total. The number of anilines is 1. The summed E-state index contributed by atoms with van der Waals surface area (Å²) in [6, 6.07) is 10.0. The molecule has 1 aromatic carbocycles. The highest BCUT2D eigenvalue weighted by Crippen LogP contribution is 2.05. The highest BCUT2D eigenvalue weighted by molar-refractivity contribution is 5.92. The zero-order valence-corrected chi connectivity index (χ0v) is 11.4. The average molecular weight is 262 g/mol. The van der Waals surface area contributed by atoms with E-state index in [-0.39, 0.29) is 6.04 Å². The topological polar surface area (TPSA) is 62.9 Å². The number of para-hydroxylation sites is 1. The van der Waals surface area contributed by atoms with E-state index < -0.39 is 0 Å². The number of morpholine rings is 1. The summed E-state index contributed by atoms with van der Waals surface area (Å²) >= 11 is 0. The van der Waals surface area contributed by atoms with Crippen molar-refractivity contribution in [1.29, 1.82) is 0 Å². The van der Waals surface area contributed by atoms with Crippen molar-refractivity contribution >= 4 is 11.6 Å². The summed E-state index contributed by atoms with van der Waals surface area (Å²) in [5.74, 6) is 0.465. The van der Waals surface area contributed by atoms with Gasteiger partial charge in [0.05, 0.1) is 19.3 Å². The van der Waals surface area contributed by atoms with Crippen LogP contribution in [0.15, 0.2) is 35.3 Å². The normalized spacial score (nSPS) is 19.1. The lowest BCUT2D eigenvalue weighted by molar-refractivity contribution is 0.0361. The number of nitrogens with one attached hydrogen (secondary N) is 1. The van der Waals surface area contributed by atoms with Crippen LogP contribution in [0.5, 0.6) is 0 Å². The minimum absolute atomic E-state index is 0.175. The van der Waals surface area contributed by atoms with Crippen molar-refractivity contribution in [2.24, 2.45) is 10.7 Å². The molecule has 1 unspecified atom stereocenters. The maximum absolute atomic E-state index is 5.91. The van der Waals surface area contributed by atoms with Gasteiger partial charge in [-0.05, 0) is 19.1 Å². The second-order valence-corrected chi connectivity index (χ2v) is 4.77. The molecule has 0 radical (unpaired) electrons. The second kappa shape index (κ2) is 7.11. The first-order chi connectivity index (χ1) is 9.24. The van der Waals surface area contributed by atoms with Gasteiger partial charge in [-0.3, -0.25) is 4.90 Å². The van der Waals surface area contributed by atoms with Crippen LogP contribution in [0.1, 0.15) is 6.92 Å². The van der Waals surface area contributed by atoms with Crippen molar-refractivity contribution in [2.75, 3.05) is 38.2 Å². The van der Waals surface area contributed by atoms with Gasteiger partial charge in [0, 0.05) is 25.3 Å². The molecule has 0 amide bonds. The Hall–Kier alpha value is -1.59. The van der Waals surface area contributed by atoms with E-state index in [2.05, 4.69) is 22.1 Å². The van der Waals surface area contributed by atoms with Crippen LogP contribution in [-0.4, -0.2) is 49.7 Å². The Morgan fingerprint density at radius 3 is 2.74 bits per heavy atom. The second-order valence-electron chi connectivity index (χ2n) is 4.77. The van der Waals surface area contributed by atoms with Gasteiger partial charge in [-0.2, -0.15) is 0 Å². The molecule has 104 valence electrons. The maximum atomic E-state index is 5.91. The smallest absolute Gasteiger partial charge is 0.193 e. The monoisotopic (exact) mass is 262 g/mol. The summed E-state index contributed by atoms with van der Waals surface area (Å²) in [5, 5.41) is 3.09. The zero-order chi connectivity index (χ0) is 13.5. The fourth-order valence-corrected chi connectivity index (χ4v) is 2.14. The van der Waals surface area contributed by atoms with E-state index in [4.69, 9.17) is 10.5 Å². The van der Waals surface area contributed by atoms with Crippen molar-refractivity contribution in [3.05, 3.63) is 30.3 Å². The molecule has 0 spiro atoms. The third kappa shape index (κ3) is 4.89. The molecule has 5 nitrogen and oxygen atoms in total. The van der Waals surface area contributed by atoms with Crippen LogP contribution in [0, 0.1) is 0 Å².